The third-order valence-electron chi connectivity index (χ3n) is 1.92. The first kappa shape index (κ1) is 13.8. The van der Waals surface area contributed by atoms with Gasteiger partial charge in [0.1, 0.15) is 11.6 Å². The summed E-state index contributed by atoms with van der Waals surface area (Å²) in [6, 6.07) is 2.46. The molecule has 0 aliphatic rings. The van der Waals surface area contributed by atoms with Gasteiger partial charge in [-0.1, -0.05) is 15.9 Å². The largest absolute Gasteiger partial charge is 0.465 e. The molecule has 0 saturated carbocycles. The Hall–Kier alpha value is -1.30. The summed E-state index contributed by atoms with van der Waals surface area (Å²) in [7, 11) is 0. The number of halogens is 3. The monoisotopic (exact) mass is 306 g/mol. The highest BCUT2D eigenvalue weighted by Crippen LogP contribution is 2.16. The molecule has 1 atom stereocenters. The van der Waals surface area contributed by atoms with Crippen LogP contribution in [-0.4, -0.2) is 23.2 Å². The molecule has 0 aliphatic carbocycles. The van der Waals surface area contributed by atoms with Crippen molar-refractivity contribution >= 4 is 27.7 Å². The Bertz CT molecular complexity index is 448. The van der Waals surface area contributed by atoms with Crippen LogP contribution in [0.5, 0.6) is 0 Å². The minimum Gasteiger partial charge on any atom is -0.465 e. The van der Waals surface area contributed by atoms with Crippen LogP contribution in [0.1, 0.15) is 17.3 Å². The fourth-order valence-electron chi connectivity index (χ4n) is 1.15. The predicted octanol–water partition coefficient (Wildman–Crippen LogP) is 2.47. The Morgan fingerprint density at radius 3 is 2.65 bits per heavy atom. The Balaban J connectivity index is 2.96. The Kier molecular flexibility index (Phi) is 4.74. The van der Waals surface area contributed by atoms with Gasteiger partial charge < -0.3 is 4.74 Å². The summed E-state index contributed by atoms with van der Waals surface area (Å²) in [5.41, 5.74) is -0.486. The standard InChI is InChI=1S/C11H9BrF2O3/c1-2-17-11(16)9(12)10(15)7-5-6(13)3-4-8(7)14/h3-5,9H,2H2,1H3. The fraction of sp³-hybridized carbons (Fsp3) is 0.273. The van der Waals surface area contributed by atoms with E-state index in [9.17, 15) is 18.4 Å². The highest BCUT2D eigenvalue weighted by Gasteiger charge is 2.28. The smallest absolute Gasteiger partial charge is 0.327 e. The SMILES string of the molecule is CCOC(=O)C(Br)C(=O)c1cc(F)ccc1F. The maximum Gasteiger partial charge on any atom is 0.327 e. The van der Waals surface area contributed by atoms with Crippen LogP contribution in [0.25, 0.3) is 0 Å². The highest BCUT2D eigenvalue weighted by molar-refractivity contribution is 9.10. The van der Waals surface area contributed by atoms with Crippen molar-refractivity contribution in [1.29, 1.82) is 0 Å². The van der Waals surface area contributed by atoms with E-state index in [4.69, 9.17) is 0 Å². The molecule has 0 aliphatic heterocycles. The average molecular weight is 307 g/mol. The summed E-state index contributed by atoms with van der Waals surface area (Å²) >= 11 is 2.79. The number of ether oxygens (including phenoxy) is 1. The van der Waals surface area contributed by atoms with Crippen molar-refractivity contribution in [3.8, 4) is 0 Å². The second kappa shape index (κ2) is 5.86. The van der Waals surface area contributed by atoms with Crippen molar-refractivity contribution in [2.45, 2.75) is 11.8 Å². The molecule has 17 heavy (non-hydrogen) atoms. The number of alkyl halides is 1. The number of esters is 1. The lowest BCUT2D eigenvalue weighted by Gasteiger charge is -2.08. The second-order valence-corrected chi connectivity index (χ2v) is 4.02. The van der Waals surface area contributed by atoms with Crippen LogP contribution in [0.15, 0.2) is 18.2 Å². The molecule has 0 saturated heterocycles. The number of rotatable bonds is 4. The van der Waals surface area contributed by atoms with Gasteiger partial charge in [0.05, 0.1) is 12.2 Å². The molecule has 0 amide bonds. The molecule has 1 rings (SSSR count). The molecule has 0 fully saturated rings. The molecule has 0 aromatic heterocycles. The zero-order valence-corrected chi connectivity index (χ0v) is 10.5. The molecule has 3 nitrogen and oxygen atoms in total. The number of ketones is 1. The molecular formula is C11H9BrF2O3. The van der Waals surface area contributed by atoms with Crippen LogP contribution in [0, 0.1) is 11.6 Å². The van der Waals surface area contributed by atoms with E-state index in [0.29, 0.717) is 0 Å². The maximum atomic E-state index is 13.3. The van der Waals surface area contributed by atoms with E-state index in [2.05, 4.69) is 20.7 Å². The van der Waals surface area contributed by atoms with Gasteiger partial charge in [-0.15, -0.1) is 0 Å². The van der Waals surface area contributed by atoms with Crippen molar-refractivity contribution in [2.24, 2.45) is 0 Å². The van der Waals surface area contributed by atoms with E-state index in [-0.39, 0.29) is 6.61 Å². The van der Waals surface area contributed by atoms with E-state index in [1.807, 2.05) is 0 Å². The molecule has 0 bridgehead atoms. The molecule has 1 unspecified atom stereocenters. The summed E-state index contributed by atoms with van der Waals surface area (Å²) in [6.07, 6.45) is 0. The summed E-state index contributed by atoms with van der Waals surface area (Å²) in [5, 5.41) is 0. The fourth-order valence-corrected chi connectivity index (χ4v) is 1.52. The molecule has 1 aromatic carbocycles. The van der Waals surface area contributed by atoms with Gasteiger partial charge in [-0.25, -0.2) is 8.78 Å². The van der Waals surface area contributed by atoms with Gasteiger partial charge >= 0.3 is 5.97 Å². The Morgan fingerprint density at radius 2 is 2.06 bits per heavy atom. The van der Waals surface area contributed by atoms with Crippen molar-refractivity contribution in [1.82, 2.24) is 0 Å². The molecular weight excluding hydrogens is 298 g/mol. The summed E-state index contributed by atoms with van der Waals surface area (Å²) in [6.45, 7) is 1.67. The van der Waals surface area contributed by atoms with E-state index in [0.717, 1.165) is 18.2 Å². The topological polar surface area (TPSA) is 43.4 Å². The van der Waals surface area contributed by atoms with E-state index in [1.165, 1.54) is 0 Å². The van der Waals surface area contributed by atoms with E-state index in [1.54, 1.807) is 6.92 Å². The minimum atomic E-state index is -1.33. The second-order valence-electron chi connectivity index (χ2n) is 3.10. The lowest BCUT2D eigenvalue weighted by Crippen LogP contribution is -2.27. The van der Waals surface area contributed by atoms with Crippen LogP contribution in [0.2, 0.25) is 0 Å². The summed E-state index contributed by atoms with van der Waals surface area (Å²) in [5.74, 6) is -3.34. The van der Waals surface area contributed by atoms with Crippen LogP contribution in [-0.2, 0) is 9.53 Å². The minimum absolute atomic E-state index is 0.0971. The van der Waals surface area contributed by atoms with Gasteiger partial charge in [-0.3, -0.25) is 9.59 Å². The molecule has 92 valence electrons. The van der Waals surface area contributed by atoms with Gasteiger partial charge in [0.15, 0.2) is 10.6 Å². The third kappa shape index (κ3) is 3.33. The number of Topliss-reactive ketones (excluding diaryl/α,β-unsaturated/α-hetero) is 1. The average Bonchev–Trinajstić information content (AvgIpc) is 2.30. The number of carbonyl (C=O) groups excluding carboxylic acids is 2. The van der Waals surface area contributed by atoms with Crippen LogP contribution in [0.3, 0.4) is 0 Å². The lowest BCUT2D eigenvalue weighted by atomic mass is 10.1. The van der Waals surface area contributed by atoms with Crippen LogP contribution in [0.4, 0.5) is 8.78 Å². The van der Waals surface area contributed by atoms with Crippen LogP contribution >= 0.6 is 15.9 Å². The van der Waals surface area contributed by atoms with Gasteiger partial charge in [0.2, 0.25) is 0 Å². The number of benzene rings is 1. The Labute approximate surface area is 105 Å². The number of carbonyl (C=O) groups is 2. The number of hydrogen-bond acceptors (Lipinski definition) is 3. The van der Waals surface area contributed by atoms with Gasteiger partial charge in [-0.05, 0) is 25.1 Å². The van der Waals surface area contributed by atoms with Crippen molar-refractivity contribution in [2.75, 3.05) is 6.61 Å². The normalized spacial score (nSPS) is 12.0. The van der Waals surface area contributed by atoms with Crippen LogP contribution < -0.4 is 0 Å². The third-order valence-corrected chi connectivity index (χ3v) is 2.71. The van der Waals surface area contributed by atoms with E-state index >= 15 is 0 Å². The number of hydrogen-bond donors (Lipinski definition) is 0. The molecule has 0 N–H and O–H groups in total. The summed E-state index contributed by atoms with van der Waals surface area (Å²) in [4.78, 5) is 21.6. The highest BCUT2D eigenvalue weighted by atomic mass is 79.9. The van der Waals surface area contributed by atoms with Gasteiger partial charge in [0, 0.05) is 0 Å². The van der Waals surface area contributed by atoms with E-state index < -0.39 is 33.8 Å². The van der Waals surface area contributed by atoms with Crippen molar-refractivity contribution < 1.29 is 23.1 Å². The zero-order valence-electron chi connectivity index (χ0n) is 8.88. The first-order valence-electron chi connectivity index (χ1n) is 4.77. The maximum absolute atomic E-state index is 13.3. The molecule has 0 heterocycles. The molecule has 0 radical (unpaired) electrons. The molecule has 6 heteroatoms. The van der Waals surface area contributed by atoms with Crippen molar-refractivity contribution in [3.05, 3.63) is 35.4 Å². The quantitative estimate of drug-likeness (QED) is 0.371. The first-order chi connectivity index (χ1) is 7.97. The molecule has 0 spiro atoms. The predicted molar refractivity (Wildman–Crippen MR) is 60.0 cm³/mol. The molecule has 1 aromatic rings. The Morgan fingerprint density at radius 1 is 1.41 bits per heavy atom. The zero-order chi connectivity index (χ0) is 13.0. The van der Waals surface area contributed by atoms with Gasteiger partial charge in [-0.2, -0.15) is 0 Å². The summed E-state index contributed by atoms with van der Waals surface area (Å²) < 4.78 is 30.7. The van der Waals surface area contributed by atoms with Gasteiger partial charge in [0.25, 0.3) is 0 Å². The lowest BCUT2D eigenvalue weighted by molar-refractivity contribution is -0.141. The first-order valence-corrected chi connectivity index (χ1v) is 5.69. The van der Waals surface area contributed by atoms with Crippen molar-refractivity contribution in [3.63, 3.8) is 0 Å².